The summed E-state index contributed by atoms with van der Waals surface area (Å²) >= 11 is 0. The molecule has 1 heterocycles. The van der Waals surface area contributed by atoms with Crippen LogP contribution in [0, 0.1) is 17.7 Å². The second-order valence-electron chi connectivity index (χ2n) is 10.7. The first-order valence-electron chi connectivity index (χ1n) is 12.9. The Bertz CT molecular complexity index is 1370. The van der Waals surface area contributed by atoms with Crippen LogP contribution in [0.15, 0.2) is 53.4 Å². The minimum absolute atomic E-state index is 0.137. The van der Waals surface area contributed by atoms with Crippen molar-refractivity contribution in [2.24, 2.45) is 11.8 Å². The monoisotopic (exact) mass is 629 g/mol. The highest BCUT2D eigenvalue weighted by molar-refractivity contribution is 7.92. The molecule has 0 aromatic heterocycles. The molecule has 2 aromatic carbocycles. The maximum atomic E-state index is 14.6. The third kappa shape index (κ3) is 5.39. The quantitative estimate of drug-likeness (QED) is 0.263. The Kier molecular flexibility index (Phi) is 8.46. The summed E-state index contributed by atoms with van der Waals surface area (Å²) in [5, 5.41) is 18.8. The molecule has 1 amide bonds. The summed E-state index contributed by atoms with van der Waals surface area (Å²) in [6.07, 6.45) is -13.4. The van der Waals surface area contributed by atoms with E-state index >= 15 is 0 Å². The van der Waals surface area contributed by atoms with Crippen LogP contribution in [-0.2, 0) is 25.0 Å². The number of sulfone groups is 1. The van der Waals surface area contributed by atoms with Gasteiger partial charge in [0.2, 0.25) is 5.91 Å². The average molecular weight is 630 g/mol. The summed E-state index contributed by atoms with van der Waals surface area (Å²) in [5.41, 5.74) is -7.79. The van der Waals surface area contributed by atoms with Crippen LogP contribution in [0.1, 0.15) is 43.2 Å². The van der Waals surface area contributed by atoms with Gasteiger partial charge in [-0.1, -0.05) is 24.3 Å². The third-order valence-corrected chi connectivity index (χ3v) is 10.8. The van der Waals surface area contributed by atoms with Crippen molar-refractivity contribution in [2.75, 3.05) is 13.1 Å². The van der Waals surface area contributed by atoms with Crippen LogP contribution in [0.2, 0.25) is 0 Å². The van der Waals surface area contributed by atoms with E-state index in [4.69, 9.17) is 0 Å². The molecule has 2 N–H and O–H groups in total. The lowest BCUT2D eigenvalue weighted by Gasteiger charge is -2.34. The zero-order valence-electron chi connectivity index (χ0n) is 21.8. The van der Waals surface area contributed by atoms with Gasteiger partial charge in [-0.25, -0.2) is 17.2 Å². The second-order valence-corrected chi connectivity index (χ2v) is 13.0. The molecule has 15 heteroatoms. The van der Waals surface area contributed by atoms with Crippen molar-refractivity contribution in [2.45, 2.75) is 66.1 Å². The van der Waals surface area contributed by atoms with Crippen LogP contribution in [0.4, 0.5) is 35.1 Å². The molecule has 6 nitrogen and oxygen atoms in total. The van der Waals surface area contributed by atoms with Gasteiger partial charge in [-0.15, -0.1) is 0 Å². The van der Waals surface area contributed by atoms with E-state index in [1.54, 1.807) is 0 Å². The number of hydrogen-bond acceptors (Lipinski definition) is 5. The van der Waals surface area contributed by atoms with Crippen LogP contribution in [0.3, 0.4) is 0 Å². The number of rotatable bonds is 6. The fourth-order valence-corrected chi connectivity index (χ4v) is 7.91. The molecular formula is C27H27F8NO5S. The van der Waals surface area contributed by atoms with Crippen molar-refractivity contribution >= 4 is 15.7 Å². The molecule has 0 radical (unpaired) electrons. The van der Waals surface area contributed by atoms with Crippen LogP contribution >= 0.6 is 0 Å². The Hall–Kier alpha value is -2.78. The lowest BCUT2D eigenvalue weighted by molar-refractivity contribution is -0.348. The number of carbonyl (C=O) groups excluding carboxylic acids is 1. The molecular weight excluding hydrogens is 602 g/mol. The molecule has 2 fully saturated rings. The van der Waals surface area contributed by atoms with Crippen LogP contribution in [0.5, 0.6) is 0 Å². The standard InChI is InChI=1S/C27H27F8NO5S/c28-20-9-11-21(12-10-20)42(40,41)24(13-14-36(15-24)22(37)16-1-3-17(4-2-16)23(38)39)18-5-7-19(8-6-18)25(29,26(30,31)32)27(33,34)35/h5-12,16-17,23,38-39H,1-4,13-15H2/t16?,17?,24-/m0/s1. The number of hydrogen-bond donors (Lipinski definition) is 2. The molecule has 0 unspecified atom stereocenters. The zero-order chi connectivity index (χ0) is 31.3. The number of likely N-dealkylation sites (tertiary alicyclic amines) is 1. The summed E-state index contributed by atoms with van der Waals surface area (Å²) in [4.78, 5) is 14.2. The Morgan fingerprint density at radius 3 is 1.86 bits per heavy atom. The maximum Gasteiger partial charge on any atom is 0.435 e. The molecule has 2 aliphatic rings. The lowest BCUT2D eigenvalue weighted by Crippen LogP contribution is -2.50. The number of carbonyl (C=O) groups is 1. The minimum Gasteiger partial charge on any atom is -0.368 e. The molecule has 232 valence electrons. The fraction of sp³-hybridized carbons (Fsp3) is 0.519. The first kappa shape index (κ1) is 32.1. The van der Waals surface area contributed by atoms with Gasteiger partial charge in [0.1, 0.15) is 10.6 Å². The Morgan fingerprint density at radius 1 is 0.857 bits per heavy atom. The van der Waals surface area contributed by atoms with Crippen molar-refractivity contribution in [3.05, 3.63) is 65.5 Å². The Labute approximate surface area is 235 Å². The smallest absolute Gasteiger partial charge is 0.368 e. The van der Waals surface area contributed by atoms with Gasteiger partial charge in [0.05, 0.1) is 4.90 Å². The number of benzene rings is 2. The normalized spacial score (nSPS) is 24.3. The molecule has 42 heavy (non-hydrogen) atoms. The predicted octanol–water partition coefficient (Wildman–Crippen LogP) is 5.13. The highest BCUT2D eigenvalue weighted by atomic mass is 32.2. The molecule has 0 bridgehead atoms. The number of aliphatic hydroxyl groups is 2. The molecule has 1 aliphatic carbocycles. The molecule has 1 saturated carbocycles. The summed E-state index contributed by atoms with van der Waals surface area (Å²) in [5.74, 6) is -2.21. The SMILES string of the molecule is O=C(C1CCC(C(O)O)CC1)N1CC[C@](c2ccc(C(F)(C(F)(F)F)C(F)(F)F)cc2)(S(=O)(=O)c2ccc(F)cc2)C1. The molecule has 1 atom stereocenters. The van der Waals surface area contributed by atoms with Crippen molar-refractivity contribution in [1.82, 2.24) is 4.90 Å². The van der Waals surface area contributed by atoms with E-state index in [-0.39, 0.29) is 43.5 Å². The summed E-state index contributed by atoms with van der Waals surface area (Å²) < 4.78 is 134. The second kappa shape index (κ2) is 11.1. The zero-order valence-corrected chi connectivity index (χ0v) is 22.6. The third-order valence-electron chi connectivity index (χ3n) is 8.31. The number of alkyl halides is 7. The Balaban J connectivity index is 1.74. The fourth-order valence-electron chi connectivity index (χ4n) is 5.83. The van der Waals surface area contributed by atoms with Gasteiger partial charge in [-0.3, -0.25) is 4.79 Å². The number of halogens is 8. The number of aliphatic hydroxyl groups excluding tert-OH is 1. The number of nitrogens with zero attached hydrogens (tertiary/aromatic N) is 1. The van der Waals surface area contributed by atoms with Gasteiger partial charge in [-0.05, 0) is 61.9 Å². The van der Waals surface area contributed by atoms with E-state index in [1.165, 1.54) is 4.90 Å². The van der Waals surface area contributed by atoms with Gasteiger partial charge < -0.3 is 15.1 Å². The van der Waals surface area contributed by atoms with E-state index in [9.17, 15) is 58.5 Å². The number of amides is 1. The van der Waals surface area contributed by atoms with E-state index in [0.29, 0.717) is 25.0 Å². The van der Waals surface area contributed by atoms with E-state index in [0.717, 1.165) is 24.3 Å². The molecule has 0 spiro atoms. The Morgan fingerprint density at radius 2 is 1.38 bits per heavy atom. The topological polar surface area (TPSA) is 94.9 Å². The largest absolute Gasteiger partial charge is 0.435 e. The van der Waals surface area contributed by atoms with Crippen molar-refractivity contribution in [3.8, 4) is 0 Å². The van der Waals surface area contributed by atoms with Crippen molar-refractivity contribution in [1.29, 1.82) is 0 Å². The summed E-state index contributed by atoms with van der Waals surface area (Å²) in [6.45, 7) is -0.658. The highest BCUT2D eigenvalue weighted by Gasteiger charge is 2.73. The van der Waals surface area contributed by atoms with E-state index in [1.807, 2.05) is 0 Å². The van der Waals surface area contributed by atoms with Crippen LogP contribution in [0.25, 0.3) is 0 Å². The highest BCUT2D eigenvalue weighted by Crippen LogP contribution is 2.54. The van der Waals surface area contributed by atoms with Gasteiger partial charge in [-0.2, -0.15) is 26.3 Å². The van der Waals surface area contributed by atoms with Crippen LogP contribution < -0.4 is 0 Å². The van der Waals surface area contributed by atoms with Crippen LogP contribution in [-0.4, -0.2) is 61.2 Å². The molecule has 4 rings (SSSR count). The predicted molar refractivity (Wildman–Crippen MR) is 131 cm³/mol. The molecule has 1 saturated heterocycles. The first-order chi connectivity index (χ1) is 19.3. The van der Waals surface area contributed by atoms with Gasteiger partial charge in [0.25, 0.3) is 0 Å². The van der Waals surface area contributed by atoms with Gasteiger partial charge >= 0.3 is 18.0 Å². The van der Waals surface area contributed by atoms with Crippen molar-refractivity contribution in [3.63, 3.8) is 0 Å². The van der Waals surface area contributed by atoms with E-state index in [2.05, 4.69) is 0 Å². The van der Waals surface area contributed by atoms with E-state index < -0.39 is 79.5 Å². The molecule has 2 aromatic rings. The maximum absolute atomic E-state index is 14.6. The summed E-state index contributed by atoms with van der Waals surface area (Å²) in [7, 11) is -4.56. The van der Waals surface area contributed by atoms with Gasteiger partial charge in [0.15, 0.2) is 16.1 Å². The minimum atomic E-state index is -6.37. The van der Waals surface area contributed by atoms with Crippen molar-refractivity contribution < 1.29 is 58.5 Å². The van der Waals surface area contributed by atoms with Gasteiger partial charge in [0, 0.05) is 30.5 Å². The summed E-state index contributed by atoms with van der Waals surface area (Å²) in [6, 6.07) is 5.42. The first-order valence-corrected chi connectivity index (χ1v) is 14.4. The molecule has 1 aliphatic heterocycles. The average Bonchev–Trinajstić information content (AvgIpc) is 3.39. The lowest BCUT2D eigenvalue weighted by atomic mass is 9.81.